The van der Waals surface area contributed by atoms with Crippen LogP contribution in [0.5, 0.6) is 0 Å². The second-order valence-corrected chi connectivity index (χ2v) is 7.69. The molecule has 1 unspecified atom stereocenters. The van der Waals surface area contributed by atoms with Crippen molar-refractivity contribution < 1.29 is 5.11 Å². The number of hydrogen-bond donors (Lipinski definition) is 1. The van der Waals surface area contributed by atoms with Gasteiger partial charge in [-0.25, -0.2) is 0 Å². The summed E-state index contributed by atoms with van der Waals surface area (Å²) in [5.41, 5.74) is 8.50. The molecule has 1 aliphatic rings. The summed E-state index contributed by atoms with van der Waals surface area (Å²) < 4.78 is 2.29. The molecule has 0 bridgehead atoms. The number of aryl methyl sites for hydroxylation is 2. The summed E-state index contributed by atoms with van der Waals surface area (Å²) in [5, 5.41) is 9.62. The van der Waals surface area contributed by atoms with Crippen molar-refractivity contribution in [3.8, 4) is 5.69 Å². The van der Waals surface area contributed by atoms with E-state index in [2.05, 4.69) is 103 Å². The van der Waals surface area contributed by atoms with Crippen LogP contribution in [0.1, 0.15) is 28.1 Å². The van der Waals surface area contributed by atoms with E-state index < -0.39 is 0 Å². The lowest BCUT2D eigenvalue weighted by Gasteiger charge is -2.34. The first-order valence-electron chi connectivity index (χ1n) is 10.2. The van der Waals surface area contributed by atoms with Gasteiger partial charge in [0, 0.05) is 29.3 Å². The van der Waals surface area contributed by atoms with Crippen molar-refractivity contribution in [2.75, 3.05) is 18.1 Å². The van der Waals surface area contributed by atoms with Crippen molar-refractivity contribution in [3.05, 3.63) is 94.8 Å². The number of hydrogen-bond acceptors (Lipinski definition) is 2. The summed E-state index contributed by atoms with van der Waals surface area (Å²) in [6.07, 6.45) is 8.84. The lowest BCUT2D eigenvalue weighted by Crippen LogP contribution is -2.37. The predicted molar refractivity (Wildman–Crippen MR) is 123 cm³/mol. The molecule has 0 amide bonds. The largest absolute Gasteiger partial charge is 0.395 e. The minimum Gasteiger partial charge on any atom is -0.395 e. The number of anilines is 1. The van der Waals surface area contributed by atoms with Crippen LogP contribution < -0.4 is 4.90 Å². The van der Waals surface area contributed by atoms with Gasteiger partial charge in [0.05, 0.1) is 12.6 Å². The van der Waals surface area contributed by atoms with Gasteiger partial charge in [-0.2, -0.15) is 0 Å². The third kappa shape index (κ3) is 3.79. The highest BCUT2D eigenvalue weighted by atomic mass is 16.3. The summed E-state index contributed by atoms with van der Waals surface area (Å²) in [6.45, 7) is 7.17. The van der Waals surface area contributed by atoms with Gasteiger partial charge in [0.15, 0.2) is 0 Å². The maximum absolute atomic E-state index is 9.62. The third-order valence-corrected chi connectivity index (χ3v) is 5.62. The molecule has 1 N–H and O–H groups in total. The number of fused-ring (bicyclic) bond motifs is 1. The van der Waals surface area contributed by atoms with Crippen LogP contribution >= 0.6 is 0 Å². The van der Waals surface area contributed by atoms with Gasteiger partial charge >= 0.3 is 0 Å². The third-order valence-electron chi connectivity index (χ3n) is 5.62. The lowest BCUT2D eigenvalue weighted by atomic mass is 10.00. The molecule has 0 spiro atoms. The molecule has 0 radical (unpaired) electrons. The van der Waals surface area contributed by atoms with Crippen LogP contribution in [0.4, 0.5) is 5.69 Å². The first kappa shape index (κ1) is 19.3. The van der Waals surface area contributed by atoms with Gasteiger partial charge in [0.1, 0.15) is 0 Å². The SMILES string of the molecule is Cc1ccc2c(c1)C=CC(/C=C/c1cc(C)n(-c3ccccc3)c1C)N2CCO. The topological polar surface area (TPSA) is 28.4 Å². The number of nitrogens with zero attached hydrogens (tertiary/aromatic N) is 2. The molecule has 0 aliphatic carbocycles. The molecule has 3 aromatic rings. The summed E-state index contributed by atoms with van der Waals surface area (Å²) >= 11 is 0. The Balaban J connectivity index is 1.65. The molecular formula is C26H28N2O. The van der Waals surface area contributed by atoms with Gasteiger partial charge in [-0.3, -0.25) is 0 Å². The Morgan fingerprint density at radius 1 is 1.00 bits per heavy atom. The number of β-amino-alcohol motifs (C(OH)–C–C–N with tert-alkyl or cyclic N) is 1. The van der Waals surface area contributed by atoms with Crippen LogP contribution in [0.3, 0.4) is 0 Å². The van der Waals surface area contributed by atoms with Crippen molar-refractivity contribution in [1.29, 1.82) is 0 Å². The summed E-state index contributed by atoms with van der Waals surface area (Å²) in [4.78, 5) is 2.27. The fourth-order valence-electron chi connectivity index (χ4n) is 4.21. The quantitative estimate of drug-likeness (QED) is 0.646. The Morgan fingerprint density at radius 3 is 2.55 bits per heavy atom. The minimum absolute atomic E-state index is 0.122. The van der Waals surface area contributed by atoms with Crippen LogP contribution in [0.2, 0.25) is 0 Å². The Bertz CT molecular complexity index is 1060. The van der Waals surface area contributed by atoms with Gasteiger partial charge in [-0.15, -0.1) is 0 Å². The fourth-order valence-corrected chi connectivity index (χ4v) is 4.21. The van der Waals surface area contributed by atoms with Gasteiger partial charge < -0.3 is 14.6 Å². The van der Waals surface area contributed by atoms with Gasteiger partial charge in [0.25, 0.3) is 0 Å². The Labute approximate surface area is 173 Å². The van der Waals surface area contributed by atoms with E-state index in [1.807, 2.05) is 6.07 Å². The molecule has 4 rings (SSSR count). The van der Waals surface area contributed by atoms with Gasteiger partial charge in [-0.1, -0.05) is 54.1 Å². The standard InChI is InChI=1S/C26H28N2O/c1-19-9-14-26-23(17-19)11-13-24(27(26)15-16-29)12-10-22-18-20(2)28(21(22)3)25-7-5-4-6-8-25/h4-14,17-18,24,29H,15-16H2,1-3H3/b12-10+. The monoisotopic (exact) mass is 384 g/mol. The molecule has 1 atom stereocenters. The number of rotatable bonds is 5. The van der Waals surface area contributed by atoms with Crippen LogP contribution in [0.25, 0.3) is 17.8 Å². The second-order valence-electron chi connectivity index (χ2n) is 7.69. The highest BCUT2D eigenvalue weighted by Gasteiger charge is 2.20. The Kier molecular flexibility index (Phi) is 5.41. The highest BCUT2D eigenvalue weighted by molar-refractivity contribution is 5.74. The van der Waals surface area contributed by atoms with Crippen molar-refractivity contribution in [1.82, 2.24) is 4.57 Å². The molecule has 0 saturated carbocycles. The fraction of sp³-hybridized carbons (Fsp3) is 0.231. The molecule has 0 saturated heterocycles. The maximum Gasteiger partial charge on any atom is 0.0665 e. The molecule has 1 aliphatic heterocycles. The van der Waals surface area contributed by atoms with Crippen molar-refractivity contribution in [3.63, 3.8) is 0 Å². The van der Waals surface area contributed by atoms with E-state index in [9.17, 15) is 5.11 Å². The van der Waals surface area contributed by atoms with Crippen LogP contribution in [-0.4, -0.2) is 28.9 Å². The number of aliphatic hydroxyl groups excluding tert-OH is 1. The summed E-state index contributed by atoms with van der Waals surface area (Å²) in [6, 6.07) is 19.3. The zero-order valence-electron chi connectivity index (χ0n) is 17.3. The number of para-hydroxylation sites is 1. The molecule has 3 nitrogen and oxygen atoms in total. The lowest BCUT2D eigenvalue weighted by molar-refractivity contribution is 0.301. The molecular weight excluding hydrogens is 356 g/mol. The Morgan fingerprint density at radius 2 is 1.79 bits per heavy atom. The second kappa shape index (κ2) is 8.14. The average molecular weight is 385 g/mol. The first-order chi connectivity index (χ1) is 14.1. The highest BCUT2D eigenvalue weighted by Crippen LogP contribution is 2.31. The van der Waals surface area contributed by atoms with E-state index in [1.54, 1.807) is 0 Å². The smallest absolute Gasteiger partial charge is 0.0665 e. The molecule has 29 heavy (non-hydrogen) atoms. The van der Waals surface area contributed by atoms with E-state index in [0.29, 0.717) is 6.54 Å². The zero-order chi connectivity index (χ0) is 20.4. The molecule has 0 fully saturated rings. The summed E-state index contributed by atoms with van der Waals surface area (Å²) in [5.74, 6) is 0. The van der Waals surface area contributed by atoms with Gasteiger partial charge in [-0.05, 0) is 62.2 Å². The molecule has 2 aromatic carbocycles. The van der Waals surface area contributed by atoms with E-state index in [-0.39, 0.29) is 12.6 Å². The van der Waals surface area contributed by atoms with Crippen molar-refractivity contribution >= 4 is 17.8 Å². The average Bonchev–Trinajstić information content (AvgIpc) is 3.01. The number of benzene rings is 2. The molecule has 3 heteroatoms. The van der Waals surface area contributed by atoms with Crippen LogP contribution in [-0.2, 0) is 0 Å². The number of aliphatic hydroxyl groups is 1. The van der Waals surface area contributed by atoms with E-state index in [4.69, 9.17) is 0 Å². The molecule has 1 aromatic heterocycles. The first-order valence-corrected chi connectivity index (χ1v) is 10.2. The van der Waals surface area contributed by atoms with Crippen molar-refractivity contribution in [2.45, 2.75) is 26.8 Å². The maximum atomic E-state index is 9.62. The zero-order valence-corrected chi connectivity index (χ0v) is 17.3. The predicted octanol–water partition coefficient (Wildman–Crippen LogP) is 5.31. The molecule has 148 valence electrons. The molecule has 2 heterocycles. The van der Waals surface area contributed by atoms with E-state index in [0.717, 1.165) is 0 Å². The van der Waals surface area contributed by atoms with Crippen LogP contribution in [0.15, 0.2) is 66.7 Å². The van der Waals surface area contributed by atoms with Crippen LogP contribution in [0, 0.1) is 20.8 Å². The number of aromatic nitrogens is 1. The normalized spacial score (nSPS) is 15.9. The van der Waals surface area contributed by atoms with Gasteiger partial charge in [0.2, 0.25) is 0 Å². The minimum atomic E-state index is 0.122. The van der Waals surface area contributed by atoms with E-state index in [1.165, 1.54) is 39.5 Å². The van der Waals surface area contributed by atoms with E-state index >= 15 is 0 Å². The Hall–Kier alpha value is -3.04. The summed E-state index contributed by atoms with van der Waals surface area (Å²) in [7, 11) is 0. The van der Waals surface area contributed by atoms with Crippen molar-refractivity contribution in [2.24, 2.45) is 0 Å².